The zero-order valence-electron chi connectivity index (χ0n) is 8.85. The average Bonchev–Trinajstić information content (AvgIpc) is 2.43. The summed E-state index contributed by atoms with van der Waals surface area (Å²) in [5.41, 5.74) is 6.62. The molecule has 0 bridgehead atoms. The number of hydrogen-bond donors (Lipinski definition) is 1. The summed E-state index contributed by atoms with van der Waals surface area (Å²) in [5, 5.41) is 0.409. The molecule has 1 saturated heterocycles. The Hall–Kier alpha value is -0.940. The Labute approximate surface area is 100 Å². The Morgan fingerprint density at radius 2 is 2.19 bits per heavy atom. The molecular formula is C10H13ClN2O2S. The molecule has 0 aromatic heterocycles. The normalized spacial score (nSPS) is 23.6. The van der Waals surface area contributed by atoms with Crippen molar-refractivity contribution in [2.75, 3.05) is 22.3 Å². The predicted octanol–water partition coefficient (Wildman–Crippen LogP) is 1.71. The number of anilines is 2. The standard InChI is InChI=1S/C10H13ClN2O2S/c1-7-5-13(16(14,15)6-7)10-4-8(12)2-3-9(10)11/h2-4,7H,5-6,12H2,1H3. The number of nitrogens with two attached hydrogens (primary N) is 1. The highest BCUT2D eigenvalue weighted by Gasteiger charge is 2.34. The Bertz CT molecular complexity index is 516. The van der Waals surface area contributed by atoms with Crippen LogP contribution >= 0.6 is 11.6 Å². The van der Waals surface area contributed by atoms with Crippen LogP contribution in [0.1, 0.15) is 6.92 Å². The summed E-state index contributed by atoms with van der Waals surface area (Å²) in [7, 11) is -3.24. The summed E-state index contributed by atoms with van der Waals surface area (Å²) in [5.74, 6) is 0.278. The van der Waals surface area contributed by atoms with Crippen LogP contribution in [-0.4, -0.2) is 20.7 Å². The Kier molecular flexibility index (Phi) is 2.75. The van der Waals surface area contributed by atoms with Gasteiger partial charge in [-0.3, -0.25) is 4.31 Å². The van der Waals surface area contributed by atoms with Gasteiger partial charge in [-0.05, 0) is 24.1 Å². The van der Waals surface area contributed by atoms with Gasteiger partial charge in [0.15, 0.2) is 0 Å². The molecule has 1 atom stereocenters. The second-order valence-electron chi connectivity index (χ2n) is 4.13. The van der Waals surface area contributed by atoms with E-state index in [1.165, 1.54) is 4.31 Å². The van der Waals surface area contributed by atoms with Crippen molar-refractivity contribution in [3.63, 3.8) is 0 Å². The van der Waals surface area contributed by atoms with Gasteiger partial charge in [0.1, 0.15) is 0 Å². The molecule has 6 heteroatoms. The fraction of sp³-hybridized carbons (Fsp3) is 0.400. The van der Waals surface area contributed by atoms with Gasteiger partial charge in [-0.2, -0.15) is 0 Å². The van der Waals surface area contributed by atoms with Crippen molar-refractivity contribution < 1.29 is 8.42 Å². The Morgan fingerprint density at radius 1 is 1.50 bits per heavy atom. The van der Waals surface area contributed by atoms with E-state index in [-0.39, 0.29) is 11.7 Å². The van der Waals surface area contributed by atoms with E-state index in [2.05, 4.69) is 0 Å². The van der Waals surface area contributed by atoms with Crippen LogP contribution in [0, 0.1) is 5.92 Å². The minimum Gasteiger partial charge on any atom is -0.399 e. The molecule has 0 saturated carbocycles. The SMILES string of the molecule is CC1CN(c2cc(N)ccc2Cl)S(=O)(=O)C1. The maximum Gasteiger partial charge on any atom is 0.235 e. The van der Waals surface area contributed by atoms with Gasteiger partial charge in [-0.1, -0.05) is 18.5 Å². The van der Waals surface area contributed by atoms with E-state index in [0.717, 1.165) is 0 Å². The van der Waals surface area contributed by atoms with E-state index in [0.29, 0.717) is 22.9 Å². The van der Waals surface area contributed by atoms with Crippen molar-refractivity contribution in [2.24, 2.45) is 5.92 Å². The van der Waals surface area contributed by atoms with Crippen LogP contribution in [0.25, 0.3) is 0 Å². The van der Waals surface area contributed by atoms with E-state index < -0.39 is 10.0 Å². The highest BCUT2D eigenvalue weighted by molar-refractivity contribution is 7.93. The molecule has 0 amide bonds. The highest BCUT2D eigenvalue weighted by atomic mass is 35.5. The van der Waals surface area contributed by atoms with Crippen LogP contribution in [-0.2, 0) is 10.0 Å². The summed E-state index contributed by atoms with van der Waals surface area (Å²) < 4.78 is 25.1. The van der Waals surface area contributed by atoms with Crippen molar-refractivity contribution in [1.82, 2.24) is 0 Å². The molecular weight excluding hydrogens is 248 g/mol. The second kappa shape index (κ2) is 3.82. The molecule has 1 aromatic carbocycles. The predicted molar refractivity (Wildman–Crippen MR) is 66.2 cm³/mol. The first-order valence-electron chi connectivity index (χ1n) is 4.95. The van der Waals surface area contributed by atoms with Gasteiger partial charge >= 0.3 is 0 Å². The third-order valence-electron chi connectivity index (χ3n) is 2.55. The lowest BCUT2D eigenvalue weighted by Crippen LogP contribution is -2.25. The quantitative estimate of drug-likeness (QED) is 0.782. The number of nitrogen functional groups attached to an aromatic ring is 1. The third-order valence-corrected chi connectivity index (χ3v) is 4.87. The van der Waals surface area contributed by atoms with Crippen molar-refractivity contribution >= 4 is 33.0 Å². The van der Waals surface area contributed by atoms with Gasteiger partial charge in [0.05, 0.1) is 16.5 Å². The summed E-state index contributed by atoms with van der Waals surface area (Å²) in [6.45, 7) is 2.36. The van der Waals surface area contributed by atoms with Gasteiger partial charge in [-0.15, -0.1) is 0 Å². The van der Waals surface area contributed by atoms with Crippen LogP contribution in [0.15, 0.2) is 18.2 Å². The fourth-order valence-electron chi connectivity index (χ4n) is 1.87. The monoisotopic (exact) mass is 260 g/mol. The number of rotatable bonds is 1. The summed E-state index contributed by atoms with van der Waals surface area (Å²) in [6.07, 6.45) is 0. The van der Waals surface area contributed by atoms with Crippen LogP contribution in [0.4, 0.5) is 11.4 Å². The molecule has 16 heavy (non-hydrogen) atoms. The Balaban J connectivity index is 2.49. The molecule has 1 heterocycles. The lowest BCUT2D eigenvalue weighted by molar-refractivity contribution is 0.598. The number of sulfonamides is 1. The smallest absolute Gasteiger partial charge is 0.235 e. The average molecular weight is 261 g/mol. The van der Waals surface area contributed by atoms with E-state index in [4.69, 9.17) is 17.3 Å². The fourth-order valence-corrected chi connectivity index (χ4v) is 4.07. The molecule has 1 aliphatic heterocycles. The van der Waals surface area contributed by atoms with Gasteiger partial charge < -0.3 is 5.73 Å². The molecule has 0 spiro atoms. The summed E-state index contributed by atoms with van der Waals surface area (Å²) in [4.78, 5) is 0. The van der Waals surface area contributed by atoms with Crippen molar-refractivity contribution in [2.45, 2.75) is 6.92 Å². The zero-order valence-corrected chi connectivity index (χ0v) is 10.4. The molecule has 1 aliphatic rings. The molecule has 0 radical (unpaired) electrons. The van der Waals surface area contributed by atoms with Crippen LogP contribution in [0.5, 0.6) is 0 Å². The third kappa shape index (κ3) is 1.97. The zero-order chi connectivity index (χ0) is 11.9. The first-order chi connectivity index (χ1) is 7.40. The topological polar surface area (TPSA) is 63.4 Å². The van der Waals surface area contributed by atoms with Gasteiger partial charge in [0.25, 0.3) is 0 Å². The highest BCUT2D eigenvalue weighted by Crippen LogP contribution is 2.34. The molecule has 88 valence electrons. The van der Waals surface area contributed by atoms with Crippen molar-refractivity contribution in [1.29, 1.82) is 0 Å². The van der Waals surface area contributed by atoms with E-state index in [1.807, 2.05) is 6.92 Å². The Morgan fingerprint density at radius 3 is 2.75 bits per heavy atom. The lowest BCUT2D eigenvalue weighted by Gasteiger charge is -2.18. The molecule has 2 N–H and O–H groups in total. The second-order valence-corrected chi connectivity index (χ2v) is 6.47. The largest absolute Gasteiger partial charge is 0.399 e. The van der Waals surface area contributed by atoms with E-state index in [1.54, 1.807) is 18.2 Å². The molecule has 0 aliphatic carbocycles. The minimum atomic E-state index is -3.24. The number of hydrogen-bond acceptors (Lipinski definition) is 3. The van der Waals surface area contributed by atoms with Gasteiger partial charge in [0, 0.05) is 12.2 Å². The molecule has 1 aromatic rings. The number of halogens is 1. The van der Waals surface area contributed by atoms with Crippen LogP contribution in [0.3, 0.4) is 0 Å². The van der Waals surface area contributed by atoms with Crippen molar-refractivity contribution in [3.05, 3.63) is 23.2 Å². The van der Waals surface area contributed by atoms with Gasteiger partial charge in [0.2, 0.25) is 10.0 Å². The van der Waals surface area contributed by atoms with Crippen LogP contribution in [0.2, 0.25) is 5.02 Å². The molecule has 4 nitrogen and oxygen atoms in total. The summed E-state index contributed by atoms with van der Waals surface area (Å²) in [6, 6.07) is 4.86. The first kappa shape index (κ1) is 11.5. The van der Waals surface area contributed by atoms with E-state index >= 15 is 0 Å². The van der Waals surface area contributed by atoms with Crippen molar-refractivity contribution in [3.8, 4) is 0 Å². The minimum absolute atomic E-state index is 0.113. The maximum absolute atomic E-state index is 11.9. The van der Waals surface area contributed by atoms with Gasteiger partial charge in [-0.25, -0.2) is 8.42 Å². The van der Waals surface area contributed by atoms with E-state index in [9.17, 15) is 8.42 Å². The molecule has 2 rings (SSSR count). The lowest BCUT2D eigenvalue weighted by atomic mass is 10.2. The molecule has 1 fully saturated rings. The van der Waals surface area contributed by atoms with Crippen LogP contribution < -0.4 is 10.0 Å². The number of nitrogens with zero attached hydrogens (tertiary/aromatic N) is 1. The summed E-state index contributed by atoms with van der Waals surface area (Å²) >= 11 is 5.99. The number of benzene rings is 1. The maximum atomic E-state index is 11.9. The first-order valence-corrected chi connectivity index (χ1v) is 6.94. The molecule has 1 unspecified atom stereocenters.